The second-order valence-corrected chi connectivity index (χ2v) is 9.38. The Balaban J connectivity index is 1.20. The van der Waals surface area contributed by atoms with Crippen LogP contribution in [0.2, 0.25) is 0 Å². The van der Waals surface area contributed by atoms with Gasteiger partial charge >= 0.3 is 0 Å². The number of aromatic nitrogens is 8. The number of fused-ring (bicyclic) bond motifs is 2. The maximum Gasteiger partial charge on any atom is 0.159 e. The molecule has 1 saturated heterocycles. The molecule has 188 valence electrons. The third kappa shape index (κ3) is 4.24. The van der Waals surface area contributed by atoms with Gasteiger partial charge in [-0.2, -0.15) is 5.10 Å². The van der Waals surface area contributed by atoms with Crippen molar-refractivity contribution >= 4 is 21.9 Å². The van der Waals surface area contributed by atoms with E-state index in [0.717, 1.165) is 69.8 Å². The van der Waals surface area contributed by atoms with Crippen LogP contribution in [0.1, 0.15) is 12.8 Å². The number of nitrogens with zero attached hydrogens (tertiary/aromatic N) is 7. The molecule has 1 aliphatic heterocycles. The molecule has 0 amide bonds. The van der Waals surface area contributed by atoms with Crippen molar-refractivity contribution in [1.82, 2.24) is 45.0 Å². The maximum atomic E-state index is 6.00. The topological polar surface area (TPSA) is 121 Å². The van der Waals surface area contributed by atoms with Gasteiger partial charge in [0.15, 0.2) is 5.82 Å². The van der Waals surface area contributed by atoms with E-state index in [1.165, 1.54) is 12.8 Å². The first-order valence-electron chi connectivity index (χ1n) is 12.7. The average Bonchev–Trinajstić information content (AvgIpc) is 3.73. The number of likely N-dealkylation sites (tertiary alicyclic amines) is 1. The molecule has 0 unspecified atom stereocenters. The van der Waals surface area contributed by atoms with Crippen LogP contribution in [0.25, 0.3) is 56.0 Å². The molecule has 10 nitrogen and oxygen atoms in total. The summed E-state index contributed by atoms with van der Waals surface area (Å²) in [7, 11) is 0. The number of H-pyrrole nitrogens is 2. The zero-order valence-corrected chi connectivity index (χ0v) is 20.6. The van der Waals surface area contributed by atoms with Crippen molar-refractivity contribution in [2.24, 2.45) is 0 Å². The van der Waals surface area contributed by atoms with Gasteiger partial charge in [0.25, 0.3) is 0 Å². The zero-order valence-electron chi connectivity index (χ0n) is 20.6. The van der Waals surface area contributed by atoms with Crippen LogP contribution >= 0.6 is 0 Å². The summed E-state index contributed by atoms with van der Waals surface area (Å²) >= 11 is 0. The number of hydrogen-bond acceptors (Lipinski definition) is 8. The lowest BCUT2D eigenvalue weighted by molar-refractivity contribution is 0.237. The van der Waals surface area contributed by atoms with Gasteiger partial charge in [0.2, 0.25) is 0 Å². The largest absolute Gasteiger partial charge is 0.491 e. The van der Waals surface area contributed by atoms with E-state index in [-0.39, 0.29) is 0 Å². The average molecular weight is 504 g/mol. The Labute approximate surface area is 218 Å². The second kappa shape index (κ2) is 9.64. The standard InChI is InChI=1S/C28H25N9O/c1-2-9-37(8-1)10-11-38-20-12-19(15-30-16-20)23-13-21-24(17-32-23)35-36-26(21)28-33-22-5-7-31-25(27(22)34-28)18-4-3-6-29-14-18/h3-7,12-17H,1-2,8-11H2,(H,33,34)(H,35,36). The Morgan fingerprint density at radius 2 is 1.79 bits per heavy atom. The fourth-order valence-corrected chi connectivity index (χ4v) is 4.95. The molecule has 0 bridgehead atoms. The van der Waals surface area contributed by atoms with Gasteiger partial charge in [0, 0.05) is 47.8 Å². The van der Waals surface area contributed by atoms with Crippen LogP contribution in [0.15, 0.2) is 67.5 Å². The van der Waals surface area contributed by atoms with Crippen LogP contribution in [0.5, 0.6) is 5.75 Å². The molecule has 0 atom stereocenters. The lowest BCUT2D eigenvalue weighted by Crippen LogP contribution is -2.25. The number of aromatic amines is 2. The van der Waals surface area contributed by atoms with Crippen LogP contribution in [0.3, 0.4) is 0 Å². The van der Waals surface area contributed by atoms with Gasteiger partial charge in [-0.15, -0.1) is 0 Å². The maximum absolute atomic E-state index is 6.00. The molecule has 6 aromatic heterocycles. The van der Waals surface area contributed by atoms with E-state index in [4.69, 9.17) is 9.72 Å². The highest BCUT2D eigenvalue weighted by Crippen LogP contribution is 2.31. The second-order valence-electron chi connectivity index (χ2n) is 9.38. The van der Waals surface area contributed by atoms with E-state index in [2.05, 4.69) is 40.0 Å². The Morgan fingerprint density at radius 3 is 2.68 bits per heavy atom. The molecule has 0 saturated carbocycles. The lowest BCUT2D eigenvalue weighted by Gasteiger charge is -2.15. The van der Waals surface area contributed by atoms with Crippen LogP contribution in [-0.4, -0.2) is 71.2 Å². The summed E-state index contributed by atoms with van der Waals surface area (Å²) in [5.74, 6) is 1.39. The van der Waals surface area contributed by atoms with E-state index >= 15 is 0 Å². The molecule has 7 rings (SSSR count). The van der Waals surface area contributed by atoms with Crippen molar-refractivity contribution in [3.8, 4) is 39.8 Å². The van der Waals surface area contributed by atoms with Gasteiger partial charge in [-0.3, -0.25) is 29.9 Å². The molecule has 10 heteroatoms. The summed E-state index contributed by atoms with van der Waals surface area (Å²) in [4.78, 5) is 28.5. The zero-order chi connectivity index (χ0) is 25.3. The molecule has 7 heterocycles. The minimum absolute atomic E-state index is 0.644. The first-order valence-corrected chi connectivity index (χ1v) is 12.7. The summed E-state index contributed by atoms with van der Waals surface area (Å²) in [6.07, 6.45) is 13.2. The molecular formula is C28H25N9O. The highest BCUT2D eigenvalue weighted by Gasteiger charge is 2.17. The summed E-state index contributed by atoms with van der Waals surface area (Å²) in [5.41, 5.74) is 6.52. The summed E-state index contributed by atoms with van der Waals surface area (Å²) in [6, 6.07) is 9.77. The Morgan fingerprint density at radius 1 is 0.868 bits per heavy atom. The number of nitrogens with one attached hydrogen (secondary N) is 2. The Kier molecular flexibility index (Phi) is 5.71. The van der Waals surface area contributed by atoms with Gasteiger partial charge in [0.05, 0.1) is 34.8 Å². The van der Waals surface area contributed by atoms with Gasteiger partial charge in [-0.1, -0.05) is 0 Å². The molecule has 38 heavy (non-hydrogen) atoms. The predicted octanol–water partition coefficient (Wildman–Crippen LogP) is 4.49. The van der Waals surface area contributed by atoms with Crippen molar-refractivity contribution in [2.45, 2.75) is 12.8 Å². The van der Waals surface area contributed by atoms with Crippen LogP contribution in [0.4, 0.5) is 0 Å². The number of rotatable bonds is 7. The fraction of sp³-hybridized carbons (Fsp3) is 0.214. The minimum Gasteiger partial charge on any atom is -0.491 e. The van der Waals surface area contributed by atoms with E-state index in [0.29, 0.717) is 18.1 Å². The highest BCUT2D eigenvalue weighted by atomic mass is 16.5. The van der Waals surface area contributed by atoms with E-state index in [1.807, 2.05) is 30.3 Å². The first-order chi connectivity index (χ1) is 18.8. The van der Waals surface area contributed by atoms with Crippen LogP contribution < -0.4 is 4.74 Å². The smallest absolute Gasteiger partial charge is 0.159 e. The van der Waals surface area contributed by atoms with E-state index in [1.54, 1.807) is 37.2 Å². The van der Waals surface area contributed by atoms with Crippen LogP contribution in [0, 0.1) is 0 Å². The molecule has 0 aliphatic carbocycles. The van der Waals surface area contributed by atoms with Crippen molar-refractivity contribution < 1.29 is 4.74 Å². The third-order valence-corrected chi connectivity index (χ3v) is 6.89. The van der Waals surface area contributed by atoms with Gasteiger partial charge in [-0.05, 0) is 56.3 Å². The predicted molar refractivity (Wildman–Crippen MR) is 144 cm³/mol. The summed E-state index contributed by atoms with van der Waals surface area (Å²) in [6.45, 7) is 3.89. The van der Waals surface area contributed by atoms with Crippen LogP contribution in [-0.2, 0) is 0 Å². The fourth-order valence-electron chi connectivity index (χ4n) is 4.95. The number of pyridine rings is 4. The highest BCUT2D eigenvalue weighted by molar-refractivity contribution is 5.96. The van der Waals surface area contributed by atoms with Crippen molar-refractivity contribution in [3.63, 3.8) is 0 Å². The molecule has 6 aromatic rings. The van der Waals surface area contributed by atoms with E-state index in [9.17, 15) is 0 Å². The molecule has 1 fully saturated rings. The monoisotopic (exact) mass is 503 g/mol. The Hall–Kier alpha value is -4.70. The summed E-state index contributed by atoms with van der Waals surface area (Å²) in [5, 5.41) is 8.54. The SMILES string of the molecule is c1cncc(-c2nccc3[nH]c(-c4n[nH]c5cnc(-c6cncc(OCCN7CCCC7)c6)cc45)nc23)c1. The molecular weight excluding hydrogens is 478 g/mol. The van der Waals surface area contributed by atoms with E-state index < -0.39 is 0 Å². The van der Waals surface area contributed by atoms with Crippen molar-refractivity contribution in [2.75, 3.05) is 26.2 Å². The quantitative estimate of drug-likeness (QED) is 0.327. The molecule has 0 aromatic carbocycles. The third-order valence-electron chi connectivity index (χ3n) is 6.89. The number of imidazole rings is 1. The summed E-state index contributed by atoms with van der Waals surface area (Å²) < 4.78 is 6.00. The first kappa shape index (κ1) is 22.5. The lowest BCUT2D eigenvalue weighted by atomic mass is 10.1. The van der Waals surface area contributed by atoms with Gasteiger partial charge in [-0.25, -0.2) is 4.98 Å². The van der Waals surface area contributed by atoms with Gasteiger partial charge < -0.3 is 9.72 Å². The minimum atomic E-state index is 0.644. The molecule has 0 radical (unpaired) electrons. The van der Waals surface area contributed by atoms with Crippen molar-refractivity contribution in [1.29, 1.82) is 0 Å². The van der Waals surface area contributed by atoms with Gasteiger partial charge in [0.1, 0.15) is 23.6 Å². The molecule has 2 N–H and O–H groups in total. The normalized spacial score (nSPS) is 14.0. The molecule has 0 spiro atoms. The number of ether oxygens (including phenoxy) is 1. The molecule has 1 aliphatic rings. The Bertz CT molecular complexity index is 1720. The number of hydrogen-bond donors (Lipinski definition) is 2. The van der Waals surface area contributed by atoms with Crippen molar-refractivity contribution in [3.05, 3.63) is 67.5 Å².